The average Bonchev–Trinajstić information content (AvgIpc) is 1.85. The van der Waals surface area contributed by atoms with Crippen LogP contribution in [0.3, 0.4) is 0 Å². The first-order valence-electron chi connectivity index (χ1n) is 3.60. The van der Waals surface area contributed by atoms with Crippen molar-refractivity contribution in [1.29, 1.82) is 0 Å². The van der Waals surface area contributed by atoms with E-state index in [-0.39, 0.29) is 5.83 Å². The standard InChI is InChI=1S/C9H15F/c1-5-7(2)8(3)6-9(4)10/h6-7H,4-5H2,1-3H3. The highest BCUT2D eigenvalue weighted by Gasteiger charge is 1.99. The van der Waals surface area contributed by atoms with Gasteiger partial charge in [0.25, 0.3) is 0 Å². The van der Waals surface area contributed by atoms with E-state index in [0.29, 0.717) is 5.92 Å². The molecule has 1 heteroatoms. The molecule has 10 heavy (non-hydrogen) atoms. The first-order valence-corrected chi connectivity index (χ1v) is 3.60. The van der Waals surface area contributed by atoms with E-state index in [1.165, 1.54) is 6.08 Å². The zero-order chi connectivity index (χ0) is 8.15. The zero-order valence-electron chi connectivity index (χ0n) is 6.95. The Bertz CT molecular complexity index is 145. The summed E-state index contributed by atoms with van der Waals surface area (Å²) in [6.45, 7) is 9.26. The van der Waals surface area contributed by atoms with E-state index >= 15 is 0 Å². The molecule has 0 bridgehead atoms. The van der Waals surface area contributed by atoms with E-state index in [4.69, 9.17) is 0 Å². The molecule has 0 nitrogen and oxygen atoms in total. The van der Waals surface area contributed by atoms with Crippen molar-refractivity contribution >= 4 is 0 Å². The lowest BCUT2D eigenvalue weighted by Gasteiger charge is -2.07. The lowest BCUT2D eigenvalue weighted by atomic mass is 10.00. The third kappa shape index (κ3) is 3.44. The van der Waals surface area contributed by atoms with Crippen LogP contribution in [-0.4, -0.2) is 0 Å². The van der Waals surface area contributed by atoms with Crippen LogP contribution in [0, 0.1) is 5.92 Å². The van der Waals surface area contributed by atoms with Crippen LogP contribution in [0.1, 0.15) is 27.2 Å². The molecule has 0 saturated heterocycles. The minimum absolute atomic E-state index is 0.349. The summed E-state index contributed by atoms with van der Waals surface area (Å²) in [5.74, 6) is 0.116. The highest BCUT2D eigenvalue weighted by atomic mass is 19.1. The van der Waals surface area contributed by atoms with Crippen molar-refractivity contribution in [2.45, 2.75) is 27.2 Å². The van der Waals surface area contributed by atoms with E-state index in [1.54, 1.807) is 0 Å². The molecule has 58 valence electrons. The highest BCUT2D eigenvalue weighted by Crippen LogP contribution is 2.14. The molecule has 0 radical (unpaired) electrons. The third-order valence-electron chi connectivity index (χ3n) is 1.77. The van der Waals surface area contributed by atoms with Gasteiger partial charge in [0.05, 0.1) is 0 Å². The minimum Gasteiger partial charge on any atom is -0.208 e. The molecule has 0 fully saturated rings. The van der Waals surface area contributed by atoms with Crippen LogP contribution < -0.4 is 0 Å². The van der Waals surface area contributed by atoms with Crippen LogP contribution in [0.2, 0.25) is 0 Å². The van der Waals surface area contributed by atoms with E-state index < -0.39 is 0 Å². The van der Waals surface area contributed by atoms with Crippen LogP contribution >= 0.6 is 0 Å². The van der Waals surface area contributed by atoms with E-state index in [0.717, 1.165) is 12.0 Å². The number of allylic oxidation sites excluding steroid dienone is 3. The molecule has 1 unspecified atom stereocenters. The predicted molar refractivity (Wildman–Crippen MR) is 43.5 cm³/mol. The molecule has 0 aromatic rings. The van der Waals surface area contributed by atoms with Crippen LogP contribution in [0.15, 0.2) is 24.1 Å². The molecule has 0 rings (SSSR count). The van der Waals surface area contributed by atoms with Crippen LogP contribution in [0.25, 0.3) is 0 Å². The van der Waals surface area contributed by atoms with Crippen molar-refractivity contribution < 1.29 is 4.39 Å². The van der Waals surface area contributed by atoms with Crippen LogP contribution in [0.5, 0.6) is 0 Å². The number of hydrogen-bond acceptors (Lipinski definition) is 0. The molecule has 0 N–H and O–H groups in total. The number of rotatable bonds is 3. The monoisotopic (exact) mass is 142 g/mol. The van der Waals surface area contributed by atoms with E-state index in [9.17, 15) is 4.39 Å². The maximum Gasteiger partial charge on any atom is 0.116 e. The zero-order valence-corrected chi connectivity index (χ0v) is 6.95. The minimum atomic E-state index is -0.349. The van der Waals surface area contributed by atoms with Crippen molar-refractivity contribution in [3.63, 3.8) is 0 Å². The Morgan fingerprint density at radius 3 is 2.50 bits per heavy atom. The summed E-state index contributed by atoms with van der Waals surface area (Å²) in [6, 6.07) is 0. The summed E-state index contributed by atoms with van der Waals surface area (Å²) in [5.41, 5.74) is 1.06. The Kier molecular flexibility index (Phi) is 4.01. The number of halogens is 1. The first kappa shape index (κ1) is 9.41. The fourth-order valence-corrected chi connectivity index (χ4v) is 0.711. The van der Waals surface area contributed by atoms with Crippen molar-refractivity contribution in [2.24, 2.45) is 5.92 Å². The number of hydrogen-bond donors (Lipinski definition) is 0. The van der Waals surface area contributed by atoms with Gasteiger partial charge in [0.15, 0.2) is 0 Å². The van der Waals surface area contributed by atoms with Gasteiger partial charge in [-0.1, -0.05) is 26.0 Å². The second-order valence-electron chi connectivity index (χ2n) is 2.64. The topological polar surface area (TPSA) is 0 Å². The van der Waals surface area contributed by atoms with Gasteiger partial charge in [-0.25, -0.2) is 4.39 Å². The van der Waals surface area contributed by atoms with Crippen molar-refractivity contribution in [3.8, 4) is 0 Å². The molecule has 0 aliphatic heterocycles. The summed E-state index contributed by atoms with van der Waals surface area (Å²) >= 11 is 0. The van der Waals surface area contributed by atoms with Gasteiger partial charge in [-0.2, -0.15) is 0 Å². The molecule has 1 atom stereocenters. The fraction of sp³-hybridized carbons (Fsp3) is 0.556. The smallest absolute Gasteiger partial charge is 0.116 e. The molecular formula is C9H15F. The normalized spacial score (nSPS) is 15.0. The van der Waals surface area contributed by atoms with Crippen molar-refractivity contribution in [3.05, 3.63) is 24.1 Å². The van der Waals surface area contributed by atoms with E-state index in [1.807, 2.05) is 6.92 Å². The second kappa shape index (κ2) is 4.26. The molecular weight excluding hydrogens is 127 g/mol. The van der Waals surface area contributed by atoms with Gasteiger partial charge in [0.1, 0.15) is 5.83 Å². The van der Waals surface area contributed by atoms with Gasteiger partial charge >= 0.3 is 0 Å². The molecule has 0 aliphatic rings. The van der Waals surface area contributed by atoms with Gasteiger partial charge in [0.2, 0.25) is 0 Å². The van der Waals surface area contributed by atoms with Crippen molar-refractivity contribution in [2.75, 3.05) is 0 Å². The van der Waals surface area contributed by atoms with Crippen LogP contribution in [0.4, 0.5) is 4.39 Å². The Balaban J connectivity index is 4.04. The first-order chi connectivity index (χ1) is 4.57. The Labute approximate surface area is 62.4 Å². The molecule has 0 spiro atoms. The molecule has 0 aliphatic carbocycles. The summed E-state index contributed by atoms with van der Waals surface area (Å²) in [5, 5.41) is 0. The molecule has 0 saturated carbocycles. The largest absolute Gasteiger partial charge is 0.208 e. The maximum atomic E-state index is 12.2. The summed E-state index contributed by atoms with van der Waals surface area (Å²) in [4.78, 5) is 0. The van der Waals surface area contributed by atoms with Crippen molar-refractivity contribution in [1.82, 2.24) is 0 Å². The molecule has 0 amide bonds. The maximum absolute atomic E-state index is 12.2. The van der Waals surface area contributed by atoms with Gasteiger partial charge in [-0.05, 0) is 25.3 Å². The van der Waals surface area contributed by atoms with Crippen LogP contribution in [-0.2, 0) is 0 Å². The Morgan fingerprint density at radius 1 is 1.70 bits per heavy atom. The SMILES string of the molecule is C=C(F)C=C(C)C(C)CC. The lowest BCUT2D eigenvalue weighted by molar-refractivity contribution is 0.634. The second-order valence-corrected chi connectivity index (χ2v) is 2.64. The van der Waals surface area contributed by atoms with Gasteiger partial charge < -0.3 is 0 Å². The Morgan fingerprint density at radius 2 is 2.20 bits per heavy atom. The Hall–Kier alpha value is -0.590. The fourth-order valence-electron chi connectivity index (χ4n) is 0.711. The quantitative estimate of drug-likeness (QED) is 0.529. The van der Waals surface area contributed by atoms with Gasteiger partial charge in [0, 0.05) is 0 Å². The summed E-state index contributed by atoms with van der Waals surface area (Å²) < 4.78 is 12.2. The summed E-state index contributed by atoms with van der Waals surface area (Å²) in [6.07, 6.45) is 2.55. The summed E-state index contributed by atoms with van der Waals surface area (Å²) in [7, 11) is 0. The molecule has 0 aromatic heterocycles. The average molecular weight is 142 g/mol. The lowest BCUT2D eigenvalue weighted by Crippen LogP contribution is -1.92. The molecule has 0 aromatic carbocycles. The third-order valence-corrected chi connectivity index (χ3v) is 1.77. The molecule has 0 heterocycles. The van der Waals surface area contributed by atoms with Gasteiger partial charge in [-0.3, -0.25) is 0 Å². The highest BCUT2D eigenvalue weighted by molar-refractivity contribution is 5.14. The predicted octanol–water partition coefficient (Wildman–Crippen LogP) is 3.46. The van der Waals surface area contributed by atoms with E-state index in [2.05, 4.69) is 20.4 Å². The van der Waals surface area contributed by atoms with Gasteiger partial charge in [-0.15, -0.1) is 0 Å².